The average molecular weight is 112 g/mol. The van der Waals surface area contributed by atoms with E-state index in [2.05, 4.69) is 6.92 Å². The topological polar surface area (TPSA) is 0 Å². The van der Waals surface area contributed by atoms with Crippen LogP contribution >= 0.6 is 0 Å². The average Bonchev–Trinajstić information content (AvgIpc) is 0.918. The van der Waals surface area contributed by atoms with Gasteiger partial charge in [-0.25, -0.2) is 0 Å². The Kier molecular flexibility index (Phi) is 21.2. The van der Waals surface area contributed by atoms with Crippen LogP contribution in [0.1, 0.15) is 0 Å². The molecule has 0 saturated carbocycles. The van der Waals surface area contributed by atoms with Gasteiger partial charge in [-0.3, -0.25) is 4.39 Å². The Morgan fingerprint density at radius 2 is 1.75 bits per heavy atom. The monoisotopic (exact) mass is 111 g/mol. The first-order valence-corrected chi connectivity index (χ1v) is 0.767. The third-order valence-electron chi connectivity index (χ3n) is 0. The molecule has 4 heavy (non-hydrogen) atoms. The van der Waals surface area contributed by atoms with E-state index in [1.807, 2.05) is 0 Å². The number of rotatable bonds is 0. The molecule has 0 N–H and O–H groups in total. The summed E-state index contributed by atoms with van der Waals surface area (Å²) in [5, 5.41) is 0. The third kappa shape index (κ3) is 20.1. The van der Waals surface area contributed by atoms with Crippen LogP contribution in [-0.4, -0.2) is 6.67 Å². The Bertz CT molecular complexity index is 6.00. The molecule has 21 valence electrons. The molecule has 0 atom stereocenters. The summed E-state index contributed by atoms with van der Waals surface area (Å²) in [6.07, 6.45) is 0. The quantitative estimate of drug-likeness (QED) is 0.407. The number of halogens is 1. The summed E-state index contributed by atoms with van der Waals surface area (Å²) in [6.45, 7) is 2.32. The Morgan fingerprint density at radius 1 is 1.75 bits per heavy atom. The van der Waals surface area contributed by atoms with Crippen molar-refractivity contribution in [2.75, 3.05) is 6.67 Å². The Morgan fingerprint density at radius 3 is 1.75 bits per heavy atom. The van der Waals surface area contributed by atoms with Crippen LogP contribution < -0.4 is 0 Å². The first-order valence-electron chi connectivity index (χ1n) is 0.767. The molecule has 0 aliphatic rings. The molecule has 0 rings (SSSR count). The van der Waals surface area contributed by atoms with Crippen LogP contribution in [-0.2, 0) is 19.5 Å². The largest absolute Gasteiger partial charge is 0.251 e. The van der Waals surface area contributed by atoms with E-state index in [0.717, 1.165) is 0 Å². The molecule has 0 unspecified atom stereocenters. The second kappa shape index (κ2) is 9.60. The van der Waals surface area contributed by atoms with Crippen molar-refractivity contribution in [3.05, 3.63) is 6.92 Å². The van der Waals surface area contributed by atoms with Gasteiger partial charge in [0.1, 0.15) is 0 Å². The minimum atomic E-state index is -0.500. The maximum absolute atomic E-state index is 10.2. The van der Waals surface area contributed by atoms with Gasteiger partial charge in [-0.2, -0.15) is 0 Å². The summed E-state index contributed by atoms with van der Waals surface area (Å²) in [4.78, 5) is 0. The van der Waals surface area contributed by atoms with Gasteiger partial charge in [0.15, 0.2) is 0 Å². The van der Waals surface area contributed by atoms with Crippen molar-refractivity contribution in [2.24, 2.45) is 0 Å². The van der Waals surface area contributed by atoms with Crippen molar-refractivity contribution in [1.82, 2.24) is 0 Å². The smallest absolute Gasteiger partial charge is 0.0895 e. The molecular weight excluding hydrogens is 108 g/mol. The minimum Gasteiger partial charge on any atom is -0.251 e. The molecule has 0 nitrogen and oxygen atoms in total. The second-order valence-electron chi connectivity index (χ2n) is 0.189. The van der Waals surface area contributed by atoms with E-state index in [1.54, 1.807) is 0 Å². The molecule has 0 aliphatic heterocycles. The summed E-state index contributed by atoms with van der Waals surface area (Å²) in [5.74, 6) is 0. The third-order valence-corrected chi connectivity index (χ3v) is 0. The SMILES string of the molecule is [CH2]CF.[Zn]. The fraction of sp³-hybridized carbons (Fsp3) is 0.500. The van der Waals surface area contributed by atoms with E-state index in [0.29, 0.717) is 0 Å². The minimum absolute atomic E-state index is 0. The van der Waals surface area contributed by atoms with Gasteiger partial charge in [-0.15, -0.1) is 0 Å². The number of hydrogen-bond acceptors (Lipinski definition) is 0. The Hall–Kier alpha value is 0.553. The van der Waals surface area contributed by atoms with Gasteiger partial charge in [0, 0.05) is 19.5 Å². The maximum atomic E-state index is 10.2. The standard InChI is InChI=1S/C2H4F.Zn/c1-2-3;/h1-2H2;. The van der Waals surface area contributed by atoms with Gasteiger partial charge in [0.2, 0.25) is 0 Å². The van der Waals surface area contributed by atoms with Crippen LogP contribution in [0.3, 0.4) is 0 Å². The number of hydrogen-bond donors (Lipinski definition) is 0. The second-order valence-corrected chi connectivity index (χ2v) is 0.189. The molecule has 0 aliphatic carbocycles. The Labute approximate surface area is 38.2 Å². The maximum Gasteiger partial charge on any atom is 0.0895 e. The predicted molar refractivity (Wildman–Crippen MR) is 11.3 cm³/mol. The van der Waals surface area contributed by atoms with E-state index in [1.165, 1.54) is 0 Å². The molecule has 0 fully saturated rings. The first-order chi connectivity index (χ1) is 1.41. The zero-order chi connectivity index (χ0) is 2.71. The van der Waals surface area contributed by atoms with E-state index >= 15 is 0 Å². The van der Waals surface area contributed by atoms with Crippen LogP contribution in [0, 0.1) is 6.92 Å². The van der Waals surface area contributed by atoms with Crippen molar-refractivity contribution in [2.45, 2.75) is 0 Å². The van der Waals surface area contributed by atoms with Gasteiger partial charge in [0.25, 0.3) is 0 Å². The van der Waals surface area contributed by atoms with Gasteiger partial charge >= 0.3 is 0 Å². The van der Waals surface area contributed by atoms with Crippen LogP contribution in [0.4, 0.5) is 4.39 Å². The number of alkyl halides is 1. The van der Waals surface area contributed by atoms with E-state index < -0.39 is 6.67 Å². The first kappa shape index (κ1) is 8.82. The summed E-state index contributed by atoms with van der Waals surface area (Å²) in [6, 6.07) is 0. The zero-order valence-corrected chi connectivity index (χ0v) is 5.47. The molecule has 0 spiro atoms. The fourth-order valence-electron chi connectivity index (χ4n) is 0. The fourth-order valence-corrected chi connectivity index (χ4v) is 0. The van der Waals surface area contributed by atoms with Crippen LogP contribution in [0.25, 0.3) is 0 Å². The van der Waals surface area contributed by atoms with Crippen LogP contribution in [0.2, 0.25) is 0 Å². The van der Waals surface area contributed by atoms with Crippen molar-refractivity contribution in [1.29, 1.82) is 0 Å². The van der Waals surface area contributed by atoms with Gasteiger partial charge in [0.05, 0.1) is 6.67 Å². The molecule has 0 saturated heterocycles. The normalized spacial score (nSPS) is 4.50. The molecule has 0 aromatic rings. The van der Waals surface area contributed by atoms with Crippen molar-refractivity contribution >= 4 is 0 Å². The molecule has 0 heterocycles. The van der Waals surface area contributed by atoms with E-state index in [4.69, 9.17) is 0 Å². The van der Waals surface area contributed by atoms with E-state index in [-0.39, 0.29) is 19.5 Å². The zero-order valence-electron chi connectivity index (χ0n) is 2.50. The van der Waals surface area contributed by atoms with Crippen molar-refractivity contribution in [3.8, 4) is 0 Å². The molecule has 2 heteroatoms. The molecule has 0 bridgehead atoms. The van der Waals surface area contributed by atoms with Crippen molar-refractivity contribution in [3.63, 3.8) is 0 Å². The molecular formula is C2H4FZn. The summed E-state index contributed by atoms with van der Waals surface area (Å²) in [7, 11) is 0. The van der Waals surface area contributed by atoms with E-state index in [9.17, 15) is 4.39 Å². The van der Waals surface area contributed by atoms with Crippen LogP contribution in [0.5, 0.6) is 0 Å². The molecule has 1 radical (unpaired) electrons. The summed E-state index contributed by atoms with van der Waals surface area (Å²) in [5.41, 5.74) is 0. The summed E-state index contributed by atoms with van der Waals surface area (Å²) < 4.78 is 10.2. The van der Waals surface area contributed by atoms with Crippen LogP contribution in [0.15, 0.2) is 0 Å². The molecule has 0 amide bonds. The molecule has 0 aromatic carbocycles. The molecule has 0 aromatic heterocycles. The van der Waals surface area contributed by atoms with Gasteiger partial charge in [-0.1, -0.05) is 0 Å². The predicted octanol–water partition coefficient (Wildman–Crippen LogP) is 0.787. The van der Waals surface area contributed by atoms with Gasteiger partial charge < -0.3 is 0 Å². The Balaban J connectivity index is 0. The van der Waals surface area contributed by atoms with Gasteiger partial charge in [-0.05, 0) is 6.92 Å². The van der Waals surface area contributed by atoms with Crippen molar-refractivity contribution < 1.29 is 23.9 Å². The summed E-state index contributed by atoms with van der Waals surface area (Å²) >= 11 is 0.